The van der Waals surface area contributed by atoms with Gasteiger partial charge in [-0.15, -0.1) is 0 Å². The van der Waals surface area contributed by atoms with Crippen LogP contribution in [-0.2, 0) is 4.79 Å². The first-order valence-electron chi connectivity index (χ1n) is 7.48. The number of aromatic nitrogens is 2. The molecule has 2 heterocycles. The van der Waals surface area contributed by atoms with Crippen LogP contribution in [0, 0.1) is 0 Å². The lowest BCUT2D eigenvalue weighted by Gasteiger charge is -2.34. The lowest BCUT2D eigenvalue weighted by molar-refractivity contribution is -0.129. The van der Waals surface area contributed by atoms with Crippen molar-refractivity contribution in [1.82, 2.24) is 14.9 Å². The number of hydrogen-bond donors (Lipinski definition) is 1. The lowest BCUT2D eigenvalue weighted by Crippen LogP contribution is -2.48. The minimum absolute atomic E-state index is 0.129. The van der Waals surface area contributed by atoms with Gasteiger partial charge in [-0.05, 0) is 24.3 Å². The van der Waals surface area contributed by atoms with Crippen LogP contribution in [0.3, 0.4) is 0 Å². The molecule has 0 aliphatic carbocycles. The first-order valence-corrected chi connectivity index (χ1v) is 8.27. The summed E-state index contributed by atoms with van der Waals surface area (Å²) in [7, 11) is 0. The van der Waals surface area contributed by atoms with Gasteiger partial charge < -0.3 is 15.1 Å². The molecule has 0 atom stereocenters. The molecule has 1 aliphatic rings. The van der Waals surface area contributed by atoms with E-state index in [1.165, 1.54) is 0 Å². The Labute approximate surface area is 143 Å². The number of amides is 1. The van der Waals surface area contributed by atoms with Crippen molar-refractivity contribution in [3.8, 4) is 0 Å². The van der Waals surface area contributed by atoms with E-state index in [1.54, 1.807) is 13.1 Å². The Morgan fingerprint density at radius 1 is 1.22 bits per heavy atom. The summed E-state index contributed by atoms with van der Waals surface area (Å²) in [6.07, 6.45) is 1.75. The summed E-state index contributed by atoms with van der Waals surface area (Å²) >= 11 is 3.45. The number of rotatable bonds is 3. The summed E-state index contributed by atoms with van der Waals surface area (Å²) in [4.78, 5) is 24.3. The van der Waals surface area contributed by atoms with E-state index in [4.69, 9.17) is 0 Å². The maximum atomic E-state index is 11.4. The molecule has 1 aromatic heterocycles. The normalized spacial score (nSPS) is 14.7. The number of nitrogens with zero attached hydrogens (tertiary/aromatic N) is 4. The molecule has 7 heteroatoms. The Balaban J connectivity index is 1.69. The first kappa shape index (κ1) is 15.7. The van der Waals surface area contributed by atoms with Gasteiger partial charge in [-0.1, -0.05) is 22.0 Å². The van der Waals surface area contributed by atoms with Crippen molar-refractivity contribution in [2.24, 2.45) is 0 Å². The molecule has 3 rings (SSSR count). The van der Waals surface area contributed by atoms with E-state index >= 15 is 0 Å². The van der Waals surface area contributed by atoms with Crippen LogP contribution in [0.5, 0.6) is 0 Å². The maximum absolute atomic E-state index is 11.4. The van der Waals surface area contributed by atoms with Gasteiger partial charge >= 0.3 is 0 Å². The van der Waals surface area contributed by atoms with E-state index in [9.17, 15) is 4.79 Å². The Kier molecular flexibility index (Phi) is 4.76. The van der Waals surface area contributed by atoms with Crippen molar-refractivity contribution in [3.05, 3.63) is 41.0 Å². The van der Waals surface area contributed by atoms with E-state index < -0.39 is 0 Å². The fourth-order valence-corrected chi connectivity index (χ4v) is 2.93. The molecule has 0 saturated carbocycles. The Bertz CT molecular complexity index is 700. The molecule has 1 amide bonds. The smallest absolute Gasteiger partial charge is 0.229 e. The second kappa shape index (κ2) is 6.95. The van der Waals surface area contributed by atoms with Crippen molar-refractivity contribution in [2.45, 2.75) is 6.92 Å². The second-order valence-electron chi connectivity index (χ2n) is 5.37. The average molecular weight is 376 g/mol. The van der Waals surface area contributed by atoms with Crippen LogP contribution >= 0.6 is 15.9 Å². The van der Waals surface area contributed by atoms with Gasteiger partial charge in [0.15, 0.2) is 0 Å². The minimum Gasteiger partial charge on any atom is -0.353 e. The van der Waals surface area contributed by atoms with Crippen LogP contribution < -0.4 is 10.2 Å². The zero-order valence-corrected chi connectivity index (χ0v) is 14.5. The Morgan fingerprint density at radius 3 is 2.70 bits per heavy atom. The standard InChI is InChI=1S/C16H18BrN5O/c1-12(23)21-7-9-22(10-8-21)15-5-6-18-16(20-15)19-14-4-2-3-13(17)11-14/h2-6,11H,7-10H2,1H3,(H,18,19,20). The molecular formula is C16H18BrN5O. The van der Waals surface area contributed by atoms with Gasteiger partial charge in [-0.3, -0.25) is 4.79 Å². The van der Waals surface area contributed by atoms with E-state index in [0.717, 1.165) is 42.2 Å². The van der Waals surface area contributed by atoms with Crippen LogP contribution in [0.25, 0.3) is 0 Å². The molecule has 1 aliphatic heterocycles. The van der Waals surface area contributed by atoms with Crippen LogP contribution in [0.1, 0.15) is 6.92 Å². The molecule has 0 bridgehead atoms. The van der Waals surface area contributed by atoms with Gasteiger partial charge in [0, 0.05) is 49.5 Å². The first-order chi connectivity index (χ1) is 11.1. The third-order valence-electron chi connectivity index (χ3n) is 3.77. The van der Waals surface area contributed by atoms with Gasteiger partial charge in [0.1, 0.15) is 5.82 Å². The van der Waals surface area contributed by atoms with E-state index in [2.05, 4.69) is 36.1 Å². The van der Waals surface area contributed by atoms with E-state index in [-0.39, 0.29) is 5.91 Å². The van der Waals surface area contributed by atoms with Crippen LogP contribution in [0.4, 0.5) is 17.5 Å². The number of nitrogens with one attached hydrogen (secondary N) is 1. The fourth-order valence-electron chi connectivity index (χ4n) is 2.53. The van der Waals surface area contributed by atoms with Crippen molar-refractivity contribution < 1.29 is 4.79 Å². The average Bonchev–Trinajstić information content (AvgIpc) is 2.55. The zero-order chi connectivity index (χ0) is 16.2. The minimum atomic E-state index is 0.129. The third-order valence-corrected chi connectivity index (χ3v) is 4.26. The topological polar surface area (TPSA) is 61.4 Å². The molecule has 1 saturated heterocycles. The number of halogens is 1. The summed E-state index contributed by atoms with van der Waals surface area (Å²) in [6, 6.07) is 9.76. The van der Waals surface area contributed by atoms with E-state index in [0.29, 0.717) is 5.95 Å². The highest BCUT2D eigenvalue weighted by atomic mass is 79.9. The van der Waals surface area contributed by atoms with Crippen molar-refractivity contribution in [1.29, 1.82) is 0 Å². The summed E-state index contributed by atoms with van der Waals surface area (Å²) < 4.78 is 0.999. The summed E-state index contributed by atoms with van der Waals surface area (Å²) in [5, 5.41) is 3.21. The molecule has 1 N–H and O–H groups in total. The van der Waals surface area contributed by atoms with Crippen LogP contribution in [0.15, 0.2) is 41.0 Å². The molecule has 23 heavy (non-hydrogen) atoms. The van der Waals surface area contributed by atoms with Crippen LogP contribution in [0.2, 0.25) is 0 Å². The number of carbonyl (C=O) groups excluding carboxylic acids is 1. The molecule has 1 aromatic carbocycles. The Morgan fingerprint density at radius 2 is 2.00 bits per heavy atom. The molecule has 0 unspecified atom stereocenters. The van der Waals surface area contributed by atoms with E-state index in [1.807, 2.05) is 35.2 Å². The summed E-state index contributed by atoms with van der Waals surface area (Å²) in [5.41, 5.74) is 0.929. The van der Waals surface area contributed by atoms with Crippen molar-refractivity contribution in [2.75, 3.05) is 36.4 Å². The van der Waals surface area contributed by atoms with Gasteiger partial charge in [0.2, 0.25) is 11.9 Å². The lowest BCUT2D eigenvalue weighted by atomic mass is 10.3. The SMILES string of the molecule is CC(=O)N1CCN(c2ccnc(Nc3cccc(Br)c3)n2)CC1. The number of hydrogen-bond acceptors (Lipinski definition) is 5. The monoisotopic (exact) mass is 375 g/mol. The molecular weight excluding hydrogens is 358 g/mol. The Hall–Kier alpha value is -2.15. The molecule has 2 aromatic rings. The van der Waals surface area contributed by atoms with Crippen LogP contribution in [-0.4, -0.2) is 47.0 Å². The van der Waals surface area contributed by atoms with Gasteiger partial charge in [0.25, 0.3) is 0 Å². The quantitative estimate of drug-likeness (QED) is 0.893. The third kappa shape index (κ3) is 3.98. The van der Waals surface area contributed by atoms with Crippen molar-refractivity contribution >= 4 is 39.3 Å². The fraction of sp³-hybridized carbons (Fsp3) is 0.312. The second-order valence-corrected chi connectivity index (χ2v) is 6.28. The number of anilines is 3. The predicted molar refractivity (Wildman–Crippen MR) is 93.9 cm³/mol. The van der Waals surface area contributed by atoms with Gasteiger partial charge in [0.05, 0.1) is 0 Å². The highest BCUT2D eigenvalue weighted by Gasteiger charge is 2.19. The molecule has 6 nitrogen and oxygen atoms in total. The highest BCUT2D eigenvalue weighted by molar-refractivity contribution is 9.10. The van der Waals surface area contributed by atoms with Gasteiger partial charge in [-0.25, -0.2) is 4.98 Å². The predicted octanol–water partition coefficient (Wildman–Crippen LogP) is 2.65. The molecule has 1 fully saturated rings. The summed E-state index contributed by atoms with van der Waals surface area (Å²) in [5.74, 6) is 1.57. The number of benzene rings is 1. The largest absolute Gasteiger partial charge is 0.353 e. The van der Waals surface area contributed by atoms with Gasteiger partial charge in [-0.2, -0.15) is 4.98 Å². The number of carbonyl (C=O) groups is 1. The van der Waals surface area contributed by atoms with Crippen molar-refractivity contribution in [3.63, 3.8) is 0 Å². The molecule has 120 valence electrons. The molecule has 0 radical (unpaired) electrons. The highest BCUT2D eigenvalue weighted by Crippen LogP contribution is 2.20. The maximum Gasteiger partial charge on any atom is 0.229 e. The zero-order valence-electron chi connectivity index (χ0n) is 12.9. The molecule has 0 spiro atoms. The number of piperazine rings is 1. The summed E-state index contributed by atoms with van der Waals surface area (Å²) in [6.45, 7) is 4.64.